The van der Waals surface area contributed by atoms with Crippen LogP contribution in [0, 0.1) is 5.92 Å². The number of ether oxygens (including phenoxy) is 1. The van der Waals surface area contributed by atoms with Crippen LogP contribution >= 0.6 is 0 Å². The van der Waals surface area contributed by atoms with Crippen LogP contribution in [0.4, 0.5) is 0 Å². The van der Waals surface area contributed by atoms with Crippen molar-refractivity contribution in [2.45, 2.75) is 32.7 Å². The second-order valence-corrected chi connectivity index (χ2v) is 7.12. The Morgan fingerprint density at radius 3 is 2.80 bits per heavy atom. The summed E-state index contributed by atoms with van der Waals surface area (Å²) in [5.41, 5.74) is 2.34. The quantitative estimate of drug-likeness (QED) is 0.812. The van der Waals surface area contributed by atoms with Gasteiger partial charge in [0.1, 0.15) is 0 Å². The first-order chi connectivity index (χ1) is 12.1. The maximum atomic E-state index is 12.3. The van der Waals surface area contributed by atoms with E-state index in [1.165, 1.54) is 10.9 Å². The van der Waals surface area contributed by atoms with Crippen molar-refractivity contribution in [3.63, 3.8) is 0 Å². The number of carbonyl (C=O) groups is 1. The fourth-order valence-corrected chi connectivity index (χ4v) is 3.59. The molecule has 0 spiro atoms. The molecule has 1 aliphatic heterocycles. The zero-order valence-corrected chi connectivity index (χ0v) is 15.3. The van der Waals surface area contributed by atoms with E-state index >= 15 is 0 Å². The standard InChI is InChI=1S/C20H29N3O2/c1-15(2)19(23-9-11-25-12-10-23)14-22-20(24)8-7-16-13-21-18-6-4-3-5-17(16)18/h3-6,13,15,19,21H,7-12,14H2,1-2H3,(H,22,24). The molecular formula is C20H29N3O2. The lowest BCUT2D eigenvalue weighted by molar-refractivity contribution is -0.121. The third-order valence-electron chi connectivity index (χ3n) is 5.09. The molecule has 3 rings (SSSR count). The Balaban J connectivity index is 1.49. The third-order valence-corrected chi connectivity index (χ3v) is 5.09. The Morgan fingerprint density at radius 1 is 1.28 bits per heavy atom. The number of aromatic amines is 1. The van der Waals surface area contributed by atoms with Crippen LogP contribution in [0.3, 0.4) is 0 Å². The van der Waals surface area contributed by atoms with Crippen molar-refractivity contribution in [1.29, 1.82) is 0 Å². The summed E-state index contributed by atoms with van der Waals surface area (Å²) in [7, 11) is 0. The number of rotatable bonds is 7. The number of nitrogens with zero attached hydrogens (tertiary/aromatic N) is 1. The minimum Gasteiger partial charge on any atom is -0.379 e. The molecule has 2 heterocycles. The van der Waals surface area contributed by atoms with E-state index in [0.717, 1.165) is 38.2 Å². The summed E-state index contributed by atoms with van der Waals surface area (Å²) in [4.78, 5) is 18.0. The molecule has 5 heteroatoms. The zero-order chi connectivity index (χ0) is 17.6. The summed E-state index contributed by atoms with van der Waals surface area (Å²) in [5, 5.41) is 4.35. The van der Waals surface area contributed by atoms with Crippen molar-refractivity contribution in [2.75, 3.05) is 32.8 Å². The van der Waals surface area contributed by atoms with Crippen LogP contribution in [0.25, 0.3) is 10.9 Å². The molecule has 1 fully saturated rings. The average Bonchev–Trinajstić information content (AvgIpc) is 3.04. The number of para-hydroxylation sites is 1. The van der Waals surface area contributed by atoms with E-state index in [2.05, 4.69) is 41.2 Å². The number of H-pyrrole nitrogens is 1. The maximum Gasteiger partial charge on any atom is 0.220 e. The lowest BCUT2D eigenvalue weighted by Crippen LogP contribution is -2.51. The first-order valence-electron chi connectivity index (χ1n) is 9.28. The molecule has 2 N–H and O–H groups in total. The molecule has 0 bridgehead atoms. The van der Waals surface area contributed by atoms with Crippen LogP contribution in [0.5, 0.6) is 0 Å². The highest BCUT2D eigenvalue weighted by Crippen LogP contribution is 2.19. The Hall–Kier alpha value is -1.85. The van der Waals surface area contributed by atoms with Gasteiger partial charge in [-0.05, 0) is 24.0 Å². The molecule has 1 amide bonds. The number of carbonyl (C=O) groups excluding carboxylic acids is 1. The van der Waals surface area contributed by atoms with Gasteiger partial charge in [-0.2, -0.15) is 0 Å². The summed E-state index contributed by atoms with van der Waals surface area (Å²) >= 11 is 0. The molecule has 1 unspecified atom stereocenters. The molecule has 1 aliphatic rings. The molecule has 1 aromatic heterocycles. The number of amides is 1. The second-order valence-electron chi connectivity index (χ2n) is 7.12. The Kier molecular flexibility index (Phi) is 6.10. The van der Waals surface area contributed by atoms with Gasteiger partial charge in [-0.15, -0.1) is 0 Å². The third kappa shape index (κ3) is 4.61. The lowest BCUT2D eigenvalue weighted by atomic mass is 10.0. The molecule has 136 valence electrons. The maximum absolute atomic E-state index is 12.3. The first kappa shape index (κ1) is 18.0. The molecule has 5 nitrogen and oxygen atoms in total. The number of aryl methyl sites for hydroxylation is 1. The van der Waals surface area contributed by atoms with Gasteiger partial charge >= 0.3 is 0 Å². The average molecular weight is 343 g/mol. The SMILES string of the molecule is CC(C)C(CNC(=O)CCc1c[nH]c2ccccc12)N1CCOCC1. The molecule has 1 atom stereocenters. The van der Waals surface area contributed by atoms with Gasteiger partial charge in [0, 0.05) is 49.2 Å². The van der Waals surface area contributed by atoms with E-state index in [1.807, 2.05) is 18.3 Å². The van der Waals surface area contributed by atoms with Gasteiger partial charge in [-0.1, -0.05) is 32.0 Å². The Labute approximate surface area is 149 Å². The van der Waals surface area contributed by atoms with Gasteiger partial charge in [-0.25, -0.2) is 0 Å². The highest BCUT2D eigenvalue weighted by Gasteiger charge is 2.24. The number of nitrogens with one attached hydrogen (secondary N) is 2. The largest absolute Gasteiger partial charge is 0.379 e. The molecule has 1 saturated heterocycles. The van der Waals surface area contributed by atoms with Crippen molar-refractivity contribution < 1.29 is 9.53 Å². The second kappa shape index (κ2) is 8.50. The predicted octanol–water partition coefficient (Wildman–Crippen LogP) is 2.57. The van der Waals surface area contributed by atoms with Gasteiger partial charge in [0.05, 0.1) is 13.2 Å². The van der Waals surface area contributed by atoms with Crippen LogP contribution in [-0.4, -0.2) is 54.7 Å². The number of hydrogen-bond acceptors (Lipinski definition) is 3. The van der Waals surface area contributed by atoms with E-state index in [-0.39, 0.29) is 5.91 Å². The van der Waals surface area contributed by atoms with Crippen molar-refractivity contribution in [3.05, 3.63) is 36.0 Å². The first-order valence-corrected chi connectivity index (χ1v) is 9.28. The number of benzene rings is 1. The van der Waals surface area contributed by atoms with E-state index in [0.29, 0.717) is 24.9 Å². The summed E-state index contributed by atoms with van der Waals surface area (Å²) < 4.78 is 5.44. The fourth-order valence-electron chi connectivity index (χ4n) is 3.59. The van der Waals surface area contributed by atoms with Gasteiger partial charge in [0.2, 0.25) is 5.91 Å². The smallest absolute Gasteiger partial charge is 0.220 e. The highest BCUT2D eigenvalue weighted by atomic mass is 16.5. The van der Waals surface area contributed by atoms with Crippen LogP contribution in [0.15, 0.2) is 30.5 Å². The summed E-state index contributed by atoms with van der Waals surface area (Å²) in [5.74, 6) is 0.635. The fraction of sp³-hybridized carbons (Fsp3) is 0.550. The molecule has 0 radical (unpaired) electrons. The van der Waals surface area contributed by atoms with Crippen LogP contribution in [-0.2, 0) is 16.0 Å². The van der Waals surface area contributed by atoms with Crippen LogP contribution in [0.2, 0.25) is 0 Å². The van der Waals surface area contributed by atoms with Gasteiger partial charge in [-0.3, -0.25) is 9.69 Å². The topological polar surface area (TPSA) is 57.4 Å². The van der Waals surface area contributed by atoms with Crippen LogP contribution in [0.1, 0.15) is 25.8 Å². The van der Waals surface area contributed by atoms with E-state index in [4.69, 9.17) is 4.74 Å². The molecule has 25 heavy (non-hydrogen) atoms. The molecule has 1 aromatic carbocycles. The van der Waals surface area contributed by atoms with Gasteiger partial charge in [0.25, 0.3) is 0 Å². The van der Waals surface area contributed by atoms with Crippen molar-refractivity contribution in [2.24, 2.45) is 5.92 Å². The minimum atomic E-state index is 0.129. The summed E-state index contributed by atoms with van der Waals surface area (Å²) in [6, 6.07) is 8.60. The molecule has 0 saturated carbocycles. The Bertz CT molecular complexity index is 689. The predicted molar refractivity (Wildman–Crippen MR) is 101 cm³/mol. The number of fused-ring (bicyclic) bond motifs is 1. The zero-order valence-electron chi connectivity index (χ0n) is 15.3. The molecule has 0 aliphatic carbocycles. The van der Waals surface area contributed by atoms with E-state index in [9.17, 15) is 4.79 Å². The van der Waals surface area contributed by atoms with E-state index < -0.39 is 0 Å². The van der Waals surface area contributed by atoms with Crippen molar-refractivity contribution in [1.82, 2.24) is 15.2 Å². The number of aromatic nitrogens is 1. The summed E-state index contributed by atoms with van der Waals surface area (Å²) in [6.07, 6.45) is 3.30. The number of hydrogen-bond donors (Lipinski definition) is 2. The minimum absolute atomic E-state index is 0.129. The number of morpholine rings is 1. The van der Waals surface area contributed by atoms with Gasteiger partial charge in [0.15, 0.2) is 0 Å². The van der Waals surface area contributed by atoms with Crippen LogP contribution < -0.4 is 5.32 Å². The molecule has 2 aromatic rings. The summed E-state index contributed by atoms with van der Waals surface area (Å²) in [6.45, 7) is 8.64. The van der Waals surface area contributed by atoms with Gasteiger partial charge < -0.3 is 15.0 Å². The highest BCUT2D eigenvalue weighted by molar-refractivity contribution is 5.84. The molecular weight excluding hydrogens is 314 g/mol. The lowest BCUT2D eigenvalue weighted by Gasteiger charge is -2.36. The van der Waals surface area contributed by atoms with Crippen molar-refractivity contribution >= 4 is 16.8 Å². The van der Waals surface area contributed by atoms with E-state index in [1.54, 1.807) is 0 Å². The van der Waals surface area contributed by atoms with Crippen molar-refractivity contribution in [3.8, 4) is 0 Å². The Morgan fingerprint density at radius 2 is 2.04 bits per heavy atom. The normalized spacial score (nSPS) is 17.1. The monoisotopic (exact) mass is 343 g/mol.